The second-order valence-corrected chi connectivity index (χ2v) is 2.68. The van der Waals surface area contributed by atoms with Crippen molar-refractivity contribution in [3.63, 3.8) is 0 Å². The molecule has 0 spiro atoms. The molecule has 0 saturated heterocycles. The normalized spacial score (nSPS) is 14.5. The van der Waals surface area contributed by atoms with Gasteiger partial charge in [0.25, 0.3) is 11.8 Å². The van der Waals surface area contributed by atoms with Crippen molar-refractivity contribution in [2.75, 3.05) is 0 Å². The first-order chi connectivity index (χ1) is 8.16. The lowest BCUT2D eigenvalue weighted by Crippen LogP contribution is -2.27. The number of rotatable bonds is 2. The molecule has 0 aromatic heterocycles. The molecule has 0 bridgehead atoms. The standard InChI is InChI=1S/C10H11NO2.2C2H6/c1-3-4-5-8(2)11-9(12)6-7-10(11)13;2*1-2/h3-7H,1-2H3;2*1-2H3/b4-3-,8-5+;;. The highest BCUT2D eigenvalue weighted by Gasteiger charge is 2.23. The van der Waals surface area contributed by atoms with E-state index < -0.39 is 0 Å². The highest BCUT2D eigenvalue weighted by atomic mass is 16.2. The average molecular weight is 237 g/mol. The molecule has 1 heterocycles. The maximum atomic E-state index is 11.1. The molecular weight excluding hydrogens is 214 g/mol. The summed E-state index contributed by atoms with van der Waals surface area (Å²) in [5.41, 5.74) is 0.637. The molecule has 0 saturated carbocycles. The Hall–Kier alpha value is -1.64. The summed E-state index contributed by atoms with van der Waals surface area (Å²) in [5, 5.41) is 0. The van der Waals surface area contributed by atoms with Crippen molar-refractivity contribution < 1.29 is 9.59 Å². The second-order valence-electron chi connectivity index (χ2n) is 2.68. The maximum absolute atomic E-state index is 11.1. The Morgan fingerprint density at radius 2 is 1.47 bits per heavy atom. The summed E-state index contributed by atoms with van der Waals surface area (Å²) in [6.45, 7) is 11.6. The van der Waals surface area contributed by atoms with Crippen LogP contribution in [0.1, 0.15) is 41.5 Å². The largest absolute Gasteiger partial charge is 0.269 e. The van der Waals surface area contributed by atoms with Gasteiger partial charge in [0, 0.05) is 17.8 Å². The Bertz CT molecular complexity index is 307. The van der Waals surface area contributed by atoms with E-state index in [1.54, 1.807) is 19.1 Å². The van der Waals surface area contributed by atoms with Gasteiger partial charge in [-0.3, -0.25) is 9.59 Å². The van der Waals surface area contributed by atoms with E-state index in [0.29, 0.717) is 5.70 Å². The molecule has 2 amide bonds. The van der Waals surface area contributed by atoms with Gasteiger partial charge in [0.2, 0.25) is 0 Å². The molecule has 0 aliphatic carbocycles. The van der Waals surface area contributed by atoms with Gasteiger partial charge in [-0.25, -0.2) is 4.90 Å². The predicted octanol–water partition coefficient (Wildman–Crippen LogP) is 3.44. The van der Waals surface area contributed by atoms with Crippen molar-refractivity contribution in [3.8, 4) is 0 Å². The predicted molar refractivity (Wildman–Crippen MR) is 72.3 cm³/mol. The van der Waals surface area contributed by atoms with E-state index in [1.807, 2.05) is 40.7 Å². The van der Waals surface area contributed by atoms with Crippen molar-refractivity contribution in [1.82, 2.24) is 4.90 Å². The lowest BCUT2D eigenvalue weighted by Gasteiger charge is -2.12. The topological polar surface area (TPSA) is 37.4 Å². The zero-order chi connectivity index (χ0) is 13.8. The second kappa shape index (κ2) is 10.9. The lowest BCUT2D eigenvalue weighted by molar-refractivity contribution is -0.134. The van der Waals surface area contributed by atoms with Gasteiger partial charge in [-0.05, 0) is 19.9 Å². The van der Waals surface area contributed by atoms with Crippen LogP contribution in [0.15, 0.2) is 36.1 Å². The highest BCUT2D eigenvalue weighted by Crippen LogP contribution is 2.11. The van der Waals surface area contributed by atoms with Crippen LogP contribution in [0.5, 0.6) is 0 Å². The number of allylic oxidation sites excluding steroid dienone is 4. The minimum atomic E-state index is -0.275. The SMILES string of the molecule is C/C=C\C=C(/C)N1C(=O)C=CC1=O.CC.CC. The third-order valence-corrected chi connectivity index (χ3v) is 1.69. The number of nitrogens with zero attached hydrogens (tertiary/aromatic N) is 1. The van der Waals surface area contributed by atoms with Crippen LogP contribution in [0.25, 0.3) is 0 Å². The molecule has 1 aliphatic heterocycles. The van der Waals surface area contributed by atoms with Gasteiger partial charge in [-0.15, -0.1) is 0 Å². The van der Waals surface area contributed by atoms with E-state index in [0.717, 1.165) is 4.90 Å². The number of amides is 2. The third kappa shape index (κ3) is 5.85. The zero-order valence-electron chi connectivity index (χ0n) is 11.7. The number of hydrogen-bond donors (Lipinski definition) is 0. The number of hydrogen-bond acceptors (Lipinski definition) is 2. The summed E-state index contributed by atoms with van der Waals surface area (Å²) < 4.78 is 0. The van der Waals surface area contributed by atoms with Gasteiger partial charge >= 0.3 is 0 Å². The van der Waals surface area contributed by atoms with Gasteiger partial charge in [-0.1, -0.05) is 39.8 Å². The first-order valence-corrected chi connectivity index (χ1v) is 6.02. The van der Waals surface area contributed by atoms with E-state index in [2.05, 4.69) is 0 Å². The van der Waals surface area contributed by atoms with Gasteiger partial charge < -0.3 is 0 Å². The summed E-state index contributed by atoms with van der Waals surface area (Å²) in [6.07, 6.45) is 7.89. The number of carbonyl (C=O) groups is 2. The van der Waals surface area contributed by atoms with Crippen LogP contribution in [0, 0.1) is 0 Å². The van der Waals surface area contributed by atoms with Gasteiger partial charge in [0.1, 0.15) is 0 Å². The van der Waals surface area contributed by atoms with Crippen molar-refractivity contribution in [2.24, 2.45) is 0 Å². The van der Waals surface area contributed by atoms with Crippen LogP contribution in [0.2, 0.25) is 0 Å². The molecule has 0 aromatic rings. The Balaban J connectivity index is 0. The Morgan fingerprint density at radius 3 is 1.82 bits per heavy atom. The van der Waals surface area contributed by atoms with Crippen LogP contribution < -0.4 is 0 Å². The molecule has 3 nitrogen and oxygen atoms in total. The number of imide groups is 1. The highest BCUT2D eigenvalue weighted by molar-refractivity contribution is 6.14. The lowest BCUT2D eigenvalue weighted by atomic mass is 10.3. The van der Waals surface area contributed by atoms with E-state index in [9.17, 15) is 9.59 Å². The van der Waals surface area contributed by atoms with Crippen LogP contribution in [-0.4, -0.2) is 16.7 Å². The molecule has 17 heavy (non-hydrogen) atoms. The summed E-state index contributed by atoms with van der Waals surface area (Å²) >= 11 is 0. The molecular formula is C14H23NO2. The fourth-order valence-electron chi connectivity index (χ4n) is 1.06. The quantitative estimate of drug-likeness (QED) is 0.545. The van der Waals surface area contributed by atoms with Crippen LogP contribution in [-0.2, 0) is 9.59 Å². The van der Waals surface area contributed by atoms with Crippen molar-refractivity contribution in [3.05, 3.63) is 36.1 Å². The van der Waals surface area contributed by atoms with Crippen molar-refractivity contribution >= 4 is 11.8 Å². The first-order valence-electron chi connectivity index (χ1n) is 6.02. The van der Waals surface area contributed by atoms with Crippen LogP contribution in [0.4, 0.5) is 0 Å². The molecule has 0 N–H and O–H groups in total. The smallest absolute Gasteiger partial charge is 0.257 e. The molecule has 0 atom stereocenters. The summed E-state index contributed by atoms with van der Waals surface area (Å²) in [4.78, 5) is 23.4. The van der Waals surface area contributed by atoms with E-state index >= 15 is 0 Å². The molecule has 0 radical (unpaired) electrons. The molecule has 3 heteroatoms. The van der Waals surface area contributed by atoms with Crippen LogP contribution in [0.3, 0.4) is 0 Å². The van der Waals surface area contributed by atoms with Gasteiger partial charge in [-0.2, -0.15) is 0 Å². The molecule has 0 fully saturated rings. The minimum Gasteiger partial charge on any atom is -0.269 e. The fraction of sp³-hybridized carbons (Fsp3) is 0.429. The third-order valence-electron chi connectivity index (χ3n) is 1.69. The fourth-order valence-corrected chi connectivity index (χ4v) is 1.06. The minimum absolute atomic E-state index is 0.275. The van der Waals surface area contributed by atoms with Gasteiger partial charge in [0.05, 0.1) is 0 Å². The van der Waals surface area contributed by atoms with E-state index in [1.165, 1.54) is 12.2 Å². The van der Waals surface area contributed by atoms with Crippen LogP contribution >= 0.6 is 0 Å². The molecule has 96 valence electrons. The van der Waals surface area contributed by atoms with E-state index in [4.69, 9.17) is 0 Å². The summed E-state index contributed by atoms with van der Waals surface area (Å²) in [6, 6.07) is 0. The Morgan fingerprint density at radius 1 is 1.06 bits per heavy atom. The first kappa shape index (κ1) is 17.7. The Kier molecular flexibility index (Phi) is 11.3. The van der Waals surface area contributed by atoms with Crippen molar-refractivity contribution in [1.29, 1.82) is 0 Å². The number of carbonyl (C=O) groups excluding carboxylic acids is 2. The maximum Gasteiger partial charge on any atom is 0.257 e. The van der Waals surface area contributed by atoms with Crippen molar-refractivity contribution in [2.45, 2.75) is 41.5 Å². The monoisotopic (exact) mass is 237 g/mol. The molecule has 1 rings (SSSR count). The molecule has 0 unspecified atom stereocenters. The van der Waals surface area contributed by atoms with E-state index in [-0.39, 0.29) is 11.8 Å². The average Bonchev–Trinajstić information content (AvgIpc) is 2.71. The molecule has 1 aliphatic rings. The molecule has 0 aromatic carbocycles. The summed E-state index contributed by atoms with van der Waals surface area (Å²) in [7, 11) is 0. The summed E-state index contributed by atoms with van der Waals surface area (Å²) in [5.74, 6) is -0.550. The zero-order valence-corrected chi connectivity index (χ0v) is 11.7. The Labute approximate surface area is 105 Å². The van der Waals surface area contributed by atoms with Gasteiger partial charge in [0.15, 0.2) is 0 Å².